The minimum Gasteiger partial charge on any atom is -0.393 e. The lowest BCUT2D eigenvalue weighted by Crippen LogP contribution is -2.35. The molecule has 3 aromatic carbocycles. The molecular formula is C26H24ClN3O3S. The Labute approximate surface area is 203 Å². The van der Waals surface area contributed by atoms with Gasteiger partial charge < -0.3 is 10.0 Å². The fourth-order valence-electron chi connectivity index (χ4n) is 4.28. The Kier molecular flexibility index (Phi) is 6.16. The third-order valence-electron chi connectivity index (χ3n) is 6.12. The first-order chi connectivity index (χ1) is 16.4. The van der Waals surface area contributed by atoms with Gasteiger partial charge in [-0.15, -0.1) is 0 Å². The Bertz CT molecular complexity index is 1430. The van der Waals surface area contributed by atoms with Crippen LogP contribution in [0, 0.1) is 0 Å². The van der Waals surface area contributed by atoms with Crippen LogP contribution in [0.15, 0.2) is 83.9 Å². The molecule has 1 aliphatic rings. The van der Waals surface area contributed by atoms with Crippen molar-refractivity contribution in [3.8, 4) is 11.3 Å². The summed E-state index contributed by atoms with van der Waals surface area (Å²) in [7, 11) is -3.80. The third-order valence-corrected chi connectivity index (χ3v) is 7.85. The first-order valence-electron chi connectivity index (χ1n) is 11.1. The zero-order chi connectivity index (χ0) is 23.7. The molecule has 1 saturated heterocycles. The lowest BCUT2D eigenvalue weighted by Gasteiger charge is -2.31. The van der Waals surface area contributed by atoms with Crippen molar-refractivity contribution in [2.75, 3.05) is 22.7 Å². The Hall–Kier alpha value is -3.13. The van der Waals surface area contributed by atoms with Gasteiger partial charge in [0.15, 0.2) is 0 Å². The standard InChI is InChI=1S/C26H24ClN3O3S/c27-25-10-5-19(17-24(25)26-23-4-2-1-3-18(23)11-14-28-26)29-34(32,33)22-8-6-20(7-9-22)30-15-12-21(31)13-16-30/h1-11,14,17,21,29,31H,12-13,15-16H2. The minimum absolute atomic E-state index is 0.174. The van der Waals surface area contributed by atoms with E-state index in [2.05, 4.69) is 14.6 Å². The van der Waals surface area contributed by atoms with Crippen molar-refractivity contribution in [2.45, 2.75) is 23.8 Å². The number of anilines is 2. The number of aliphatic hydroxyl groups excluding tert-OH is 1. The van der Waals surface area contributed by atoms with E-state index in [1.807, 2.05) is 30.3 Å². The van der Waals surface area contributed by atoms with Gasteiger partial charge in [0.1, 0.15) is 0 Å². The van der Waals surface area contributed by atoms with Crippen LogP contribution in [0.25, 0.3) is 22.0 Å². The number of hydrogen-bond acceptors (Lipinski definition) is 5. The van der Waals surface area contributed by atoms with Crippen molar-refractivity contribution < 1.29 is 13.5 Å². The smallest absolute Gasteiger partial charge is 0.261 e. The van der Waals surface area contributed by atoms with Crippen molar-refractivity contribution in [2.24, 2.45) is 0 Å². The van der Waals surface area contributed by atoms with Crippen molar-refractivity contribution >= 4 is 43.8 Å². The highest BCUT2D eigenvalue weighted by Crippen LogP contribution is 2.34. The molecule has 0 saturated carbocycles. The van der Waals surface area contributed by atoms with Gasteiger partial charge in [0.2, 0.25) is 0 Å². The molecule has 0 amide bonds. The van der Waals surface area contributed by atoms with Gasteiger partial charge in [0.25, 0.3) is 10.0 Å². The molecule has 2 N–H and O–H groups in total. The molecule has 6 nitrogen and oxygen atoms in total. The zero-order valence-electron chi connectivity index (χ0n) is 18.4. The Balaban J connectivity index is 1.41. The number of aromatic nitrogens is 1. The number of piperidine rings is 1. The highest BCUT2D eigenvalue weighted by Gasteiger charge is 2.20. The van der Waals surface area contributed by atoms with E-state index in [0.717, 1.165) is 29.5 Å². The molecule has 0 atom stereocenters. The van der Waals surface area contributed by atoms with Gasteiger partial charge in [0.05, 0.1) is 21.7 Å². The molecule has 0 aliphatic carbocycles. The Morgan fingerprint density at radius 1 is 0.971 bits per heavy atom. The van der Waals surface area contributed by atoms with Gasteiger partial charge in [-0.1, -0.05) is 35.9 Å². The topological polar surface area (TPSA) is 82.5 Å². The van der Waals surface area contributed by atoms with Gasteiger partial charge in [-0.3, -0.25) is 9.71 Å². The maximum absolute atomic E-state index is 13.1. The Morgan fingerprint density at radius 2 is 1.71 bits per heavy atom. The van der Waals surface area contributed by atoms with E-state index < -0.39 is 10.0 Å². The van der Waals surface area contributed by atoms with Crippen LogP contribution in [0.1, 0.15) is 12.8 Å². The number of hydrogen-bond donors (Lipinski definition) is 2. The second kappa shape index (κ2) is 9.25. The van der Waals surface area contributed by atoms with Crippen LogP contribution in [-0.4, -0.2) is 37.7 Å². The SMILES string of the molecule is O=S(=O)(Nc1ccc(Cl)c(-c2nccc3ccccc23)c1)c1ccc(N2CCC(O)CC2)cc1. The van der Waals surface area contributed by atoms with Crippen LogP contribution in [0.2, 0.25) is 5.02 Å². The van der Waals surface area contributed by atoms with Crippen molar-refractivity contribution in [1.29, 1.82) is 0 Å². The van der Waals surface area contributed by atoms with Crippen LogP contribution in [-0.2, 0) is 10.0 Å². The molecule has 0 unspecified atom stereocenters. The molecule has 1 fully saturated rings. The first-order valence-corrected chi connectivity index (χ1v) is 13.0. The molecular weight excluding hydrogens is 470 g/mol. The summed E-state index contributed by atoms with van der Waals surface area (Å²) in [5.41, 5.74) is 2.70. The summed E-state index contributed by atoms with van der Waals surface area (Å²) in [6.45, 7) is 1.50. The first kappa shape index (κ1) is 22.7. The van der Waals surface area contributed by atoms with E-state index in [1.165, 1.54) is 0 Å². The fraction of sp³-hybridized carbons (Fsp3) is 0.192. The summed E-state index contributed by atoms with van der Waals surface area (Å²) in [6, 6.07) is 21.6. The van der Waals surface area contributed by atoms with Gasteiger partial charge in [0, 0.05) is 41.6 Å². The molecule has 174 valence electrons. The molecule has 8 heteroatoms. The largest absolute Gasteiger partial charge is 0.393 e. The maximum atomic E-state index is 13.1. The summed E-state index contributed by atoms with van der Waals surface area (Å²) in [5.74, 6) is 0. The second-order valence-electron chi connectivity index (χ2n) is 8.39. The molecule has 1 aliphatic heterocycles. The van der Waals surface area contributed by atoms with Crippen molar-refractivity contribution in [3.05, 3.63) is 84.0 Å². The van der Waals surface area contributed by atoms with E-state index in [4.69, 9.17) is 11.6 Å². The second-order valence-corrected chi connectivity index (χ2v) is 10.5. The number of benzene rings is 3. The fourth-order valence-corrected chi connectivity index (χ4v) is 5.54. The van der Waals surface area contributed by atoms with Gasteiger partial charge >= 0.3 is 0 Å². The number of pyridine rings is 1. The predicted octanol–water partition coefficient (Wildman–Crippen LogP) is 5.32. The molecule has 4 aromatic rings. The predicted molar refractivity (Wildman–Crippen MR) is 137 cm³/mol. The van der Waals surface area contributed by atoms with Crippen LogP contribution in [0.3, 0.4) is 0 Å². The van der Waals surface area contributed by atoms with E-state index >= 15 is 0 Å². The number of fused-ring (bicyclic) bond motifs is 1. The number of nitrogens with zero attached hydrogens (tertiary/aromatic N) is 2. The van der Waals surface area contributed by atoms with Gasteiger partial charge in [-0.2, -0.15) is 0 Å². The minimum atomic E-state index is -3.80. The summed E-state index contributed by atoms with van der Waals surface area (Å²) >= 11 is 6.48. The van der Waals surface area contributed by atoms with Crippen LogP contribution in [0.5, 0.6) is 0 Å². The number of rotatable bonds is 5. The maximum Gasteiger partial charge on any atom is 0.261 e. The van der Waals surface area contributed by atoms with Gasteiger partial charge in [-0.25, -0.2) is 8.42 Å². The molecule has 0 spiro atoms. The lowest BCUT2D eigenvalue weighted by molar-refractivity contribution is 0.145. The van der Waals surface area contributed by atoms with E-state index in [0.29, 0.717) is 34.8 Å². The van der Waals surface area contributed by atoms with Crippen molar-refractivity contribution in [3.63, 3.8) is 0 Å². The third kappa shape index (κ3) is 4.59. The number of sulfonamides is 1. The number of halogens is 1. The van der Waals surface area contributed by atoms with E-state index in [1.54, 1.807) is 48.7 Å². The van der Waals surface area contributed by atoms with Crippen LogP contribution >= 0.6 is 11.6 Å². The van der Waals surface area contributed by atoms with Gasteiger partial charge in [-0.05, 0) is 66.8 Å². The highest BCUT2D eigenvalue weighted by molar-refractivity contribution is 7.92. The normalized spacial score (nSPS) is 14.9. The van der Waals surface area contributed by atoms with Crippen LogP contribution in [0.4, 0.5) is 11.4 Å². The zero-order valence-corrected chi connectivity index (χ0v) is 19.9. The van der Waals surface area contributed by atoms with Crippen LogP contribution < -0.4 is 9.62 Å². The van der Waals surface area contributed by atoms with Crippen molar-refractivity contribution in [1.82, 2.24) is 4.98 Å². The molecule has 2 heterocycles. The lowest BCUT2D eigenvalue weighted by atomic mass is 10.0. The molecule has 5 rings (SSSR count). The molecule has 1 aromatic heterocycles. The average molecular weight is 494 g/mol. The summed E-state index contributed by atoms with van der Waals surface area (Å²) < 4.78 is 28.8. The summed E-state index contributed by atoms with van der Waals surface area (Å²) in [5, 5.41) is 12.2. The highest BCUT2D eigenvalue weighted by atomic mass is 35.5. The summed E-state index contributed by atoms with van der Waals surface area (Å²) in [6.07, 6.45) is 2.89. The van der Waals surface area contributed by atoms with E-state index in [9.17, 15) is 13.5 Å². The summed E-state index contributed by atoms with van der Waals surface area (Å²) in [4.78, 5) is 6.84. The number of aliphatic hydroxyl groups is 1. The quantitative estimate of drug-likeness (QED) is 0.393. The molecule has 34 heavy (non-hydrogen) atoms. The monoisotopic (exact) mass is 493 g/mol. The number of nitrogens with one attached hydrogen (secondary N) is 1. The van der Waals surface area contributed by atoms with E-state index in [-0.39, 0.29) is 11.0 Å². The molecule has 0 bridgehead atoms. The average Bonchev–Trinajstić information content (AvgIpc) is 2.85. The Morgan fingerprint density at radius 3 is 2.47 bits per heavy atom. The molecule has 0 radical (unpaired) electrons.